The van der Waals surface area contributed by atoms with Crippen molar-refractivity contribution in [3.63, 3.8) is 0 Å². The van der Waals surface area contributed by atoms with Crippen LogP contribution in [0.25, 0.3) is 0 Å². The summed E-state index contributed by atoms with van der Waals surface area (Å²) in [4.78, 5) is 38.2. The van der Waals surface area contributed by atoms with Gasteiger partial charge in [-0.1, -0.05) is 32.0 Å². The minimum Gasteiger partial charge on any atom is -0.457 e. The molecule has 1 aliphatic rings. The predicted octanol–water partition coefficient (Wildman–Crippen LogP) is 3.26. The number of likely N-dealkylation sites (tertiary alicyclic amines) is 1. The number of nitrogens with zero attached hydrogens (tertiary/aromatic N) is 1. The first-order chi connectivity index (χ1) is 14.9. The Kier molecular flexibility index (Phi) is 7.65. The molecule has 0 radical (unpaired) electrons. The van der Waals surface area contributed by atoms with Crippen LogP contribution < -0.4 is 10.1 Å². The Balaban J connectivity index is 1.40. The summed E-state index contributed by atoms with van der Waals surface area (Å²) in [6.45, 7) is 4.97. The monoisotopic (exact) mass is 424 g/mol. The van der Waals surface area contributed by atoms with Gasteiger partial charge in [0.05, 0.1) is 0 Å². The predicted molar refractivity (Wildman–Crippen MR) is 116 cm³/mol. The first-order valence-electron chi connectivity index (χ1n) is 10.4. The largest absolute Gasteiger partial charge is 0.457 e. The van der Waals surface area contributed by atoms with Crippen molar-refractivity contribution in [2.45, 2.75) is 20.3 Å². The topological polar surface area (TPSA) is 84.9 Å². The van der Waals surface area contributed by atoms with Crippen molar-refractivity contribution in [3.05, 3.63) is 60.2 Å². The van der Waals surface area contributed by atoms with E-state index in [1.165, 1.54) is 0 Å². The molecule has 2 aromatic rings. The van der Waals surface area contributed by atoms with Crippen LogP contribution in [0, 0.1) is 11.8 Å². The summed E-state index contributed by atoms with van der Waals surface area (Å²) < 4.78 is 10.7. The molecule has 2 aromatic carbocycles. The molecule has 164 valence electrons. The van der Waals surface area contributed by atoms with Gasteiger partial charge in [-0.3, -0.25) is 14.4 Å². The normalized spacial score (nSPS) is 18.2. The first-order valence-corrected chi connectivity index (χ1v) is 10.4. The zero-order valence-corrected chi connectivity index (χ0v) is 17.9. The SMILES string of the molecule is C[C@@H]1C[C@H](C)CN(C(=O)COC(=O)CNC(=O)c2ccc(Oc3ccccc3)cc2)C1. The van der Waals surface area contributed by atoms with Gasteiger partial charge in [0.25, 0.3) is 11.8 Å². The molecule has 0 aliphatic carbocycles. The molecule has 2 amide bonds. The van der Waals surface area contributed by atoms with Gasteiger partial charge in [0.2, 0.25) is 0 Å². The van der Waals surface area contributed by atoms with Crippen molar-refractivity contribution >= 4 is 17.8 Å². The number of amides is 2. The Labute approximate surface area is 182 Å². The highest BCUT2D eigenvalue weighted by Crippen LogP contribution is 2.22. The van der Waals surface area contributed by atoms with Gasteiger partial charge in [0, 0.05) is 18.7 Å². The summed E-state index contributed by atoms with van der Waals surface area (Å²) in [7, 11) is 0. The average molecular weight is 424 g/mol. The molecular formula is C24H28N2O5. The molecule has 0 aromatic heterocycles. The van der Waals surface area contributed by atoms with Crippen molar-refractivity contribution in [1.82, 2.24) is 10.2 Å². The van der Waals surface area contributed by atoms with Crippen molar-refractivity contribution in [1.29, 1.82) is 0 Å². The second-order valence-electron chi connectivity index (χ2n) is 8.03. The van der Waals surface area contributed by atoms with Crippen LogP contribution in [0.2, 0.25) is 0 Å². The number of ether oxygens (including phenoxy) is 2. The van der Waals surface area contributed by atoms with Gasteiger partial charge in [-0.05, 0) is 54.7 Å². The van der Waals surface area contributed by atoms with Crippen LogP contribution in [-0.4, -0.2) is 48.9 Å². The van der Waals surface area contributed by atoms with Gasteiger partial charge >= 0.3 is 5.97 Å². The van der Waals surface area contributed by atoms with Crippen molar-refractivity contribution in [2.75, 3.05) is 26.2 Å². The lowest BCUT2D eigenvalue weighted by atomic mass is 9.92. The maximum atomic E-state index is 12.3. The molecule has 1 heterocycles. The highest BCUT2D eigenvalue weighted by atomic mass is 16.5. The van der Waals surface area contributed by atoms with E-state index in [4.69, 9.17) is 9.47 Å². The molecule has 31 heavy (non-hydrogen) atoms. The number of esters is 1. The minimum atomic E-state index is -0.649. The lowest BCUT2D eigenvalue weighted by Crippen LogP contribution is -2.44. The molecule has 7 heteroatoms. The van der Waals surface area contributed by atoms with Crippen LogP contribution in [-0.2, 0) is 14.3 Å². The lowest BCUT2D eigenvalue weighted by molar-refractivity contribution is -0.152. The number of piperidine rings is 1. The zero-order valence-electron chi connectivity index (χ0n) is 17.9. The average Bonchev–Trinajstić information content (AvgIpc) is 2.76. The van der Waals surface area contributed by atoms with Gasteiger partial charge in [-0.15, -0.1) is 0 Å². The van der Waals surface area contributed by atoms with Gasteiger partial charge < -0.3 is 19.7 Å². The quantitative estimate of drug-likeness (QED) is 0.690. The molecule has 1 aliphatic heterocycles. The molecule has 1 fully saturated rings. The van der Waals surface area contributed by atoms with E-state index in [0.29, 0.717) is 42.0 Å². The highest BCUT2D eigenvalue weighted by Gasteiger charge is 2.25. The molecule has 0 bridgehead atoms. The summed E-state index contributed by atoms with van der Waals surface area (Å²) in [6.07, 6.45) is 1.09. The number of carbonyl (C=O) groups excluding carboxylic acids is 3. The molecule has 1 saturated heterocycles. The Morgan fingerprint density at radius 2 is 1.55 bits per heavy atom. The van der Waals surface area contributed by atoms with Gasteiger partial charge in [0.15, 0.2) is 6.61 Å². The number of benzene rings is 2. The molecule has 0 unspecified atom stereocenters. The minimum absolute atomic E-state index is 0.202. The maximum Gasteiger partial charge on any atom is 0.325 e. The van der Waals surface area contributed by atoms with Crippen LogP contribution in [0.15, 0.2) is 54.6 Å². The van der Waals surface area contributed by atoms with Crippen molar-refractivity contribution < 1.29 is 23.9 Å². The summed E-state index contributed by atoms with van der Waals surface area (Å²) >= 11 is 0. The van der Waals surface area contributed by atoms with E-state index >= 15 is 0 Å². The third kappa shape index (κ3) is 6.84. The molecule has 7 nitrogen and oxygen atoms in total. The summed E-state index contributed by atoms with van der Waals surface area (Å²) in [5.74, 6) is 0.913. The molecule has 3 rings (SSSR count). The fourth-order valence-corrected chi connectivity index (χ4v) is 3.70. The summed E-state index contributed by atoms with van der Waals surface area (Å²) in [5, 5.41) is 2.51. The molecule has 0 spiro atoms. The van der Waals surface area contributed by atoms with Crippen LogP contribution in [0.3, 0.4) is 0 Å². The molecule has 2 atom stereocenters. The van der Waals surface area contributed by atoms with E-state index in [0.717, 1.165) is 6.42 Å². The van der Waals surface area contributed by atoms with Gasteiger partial charge in [0.1, 0.15) is 18.0 Å². The molecule has 1 N–H and O–H groups in total. The smallest absolute Gasteiger partial charge is 0.325 e. The molecule has 0 saturated carbocycles. The van der Waals surface area contributed by atoms with E-state index in [1.807, 2.05) is 30.3 Å². The second-order valence-corrected chi connectivity index (χ2v) is 8.03. The van der Waals surface area contributed by atoms with E-state index in [9.17, 15) is 14.4 Å². The zero-order chi connectivity index (χ0) is 22.2. The Morgan fingerprint density at radius 1 is 0.935 bits per heavy atom. The number of nitrogens with one attached hydrogen (secondary N) is 1. The number of carbonyl (C=O) groups is 3. The van der Waals surface area contributed by atoms with E-state index in [1.54, 1.807) is 29.2 Å². The van der Waals surface area contributed by atoms with Crippen LogP contribution in [0.1, 0.15) is 30.6 Å². The van der Waals surface area contributed by atoms with E-state index < -0.39 is 11.9 Å². The van der Waals surface area contributed by atoms with E-state index in [2.05, 4.69) is 19.2 Å². The second kappa shape index (κ2) is 10.6. The van der Waals surface area contributed by atoms with Crippen LogP contribution in [0.5, 0.6) is 11.5 Å². The highest BCUT2D eigenvalue weighted by molar-refractivity contribution is 5.96. The molecular weight excluding hydrogens is 396 g/mol. The first kappa shape index (κ1) is 22.3. The standard InChI is InChI=1S/C24H28N2O5/c1-17-12-18(2)15-26(14-17)22(27)16-30-23(28)13-25-24(29)19-8-10-21(11-9-19)31-20-6-4-3-5-7-20/h3-11,17-18H,12-16H2,1-2H3,(H,25,29)/t17-,18+. The van der Waals surface area contributed by atoms with Crippen molar-refractivity contribution in [2.24, 2.45) is 11.8 Å². The van der Waals surface area contributed by atoms with E-state index in [-0.39, 0.29) is 19.1 Å². The maximum absolute atomic E-state index is 12.3. The Morgan fingerprint density at radius 3 is 2.19 bits per heavy atom. The Bertz CT molecular complexity index is 888. The number of hydrogen-bond acceptors (Lipinski definition) is 5. The fourth-order valence-electron chi connectivity index (χ4n) is 3.70. The lowest BCUT2D eigenvalue weighted by Gasteiger charge is -2.34. The Hall–Kier alpha value is -3.35. The third-order valence-corrected chi connectivity index (χ3v) is 5.07. The third-order valence-electron chi connectivity index (χ3n) is 5.07. The van der Waals surface area contributed by atoms with Gasteiger partial charge in [-0.25, -0.2) is 0 Å². The fraction of sp³-hybridized carbons (Fsp3) is 0.375. The number of hydrogen-bond donors (Lipinski definition) is 1. The van der Waals surface area contributed by atoms with Crippen LogP contribution >= 0.6 is 0 Å². The van der Waals surface area contributed by atoms with Gasteiger partial charge in [-0.2, -0.15) is 0 Å². The van der Waals surface area contributed by atoms with Crippen LogP contribution in [0.4, 0.5) is 0 Å². The number of rotatable bonds is 7. The van der Waals surface area contributed by atoms with Crippen molar-refractivity contribution in [3.8, 4) is 11.5 Å². The summed E-state index contributed by atoms with van der Waals surface area (Å²) in [5.41, 5.74) is 0.389. The number of para-hydroxylation sites is 1. The summed E-state index contributed by atoms with van der Waals surface area (Å²) in [6, 6.07) is 15.9.